The fourth-order valence-corrected chi connectivity index (χ4v) is 2.23. The number of hydrogen-bond donors (Lipinski definition) is 1. The molecule has 1 aromatic heterocycles. The van der Waals surface area contributed by atoms with Crippen LogP contribution >= 0.6 is 0 Å². The Balaban J connectivity index is 2.75. The molecule has 0 saturated carbocycles. The number of rotatable bonds is 3. The molecule has 0 atom stereocenters. The fourth-order valence-electron chi connectivity index (χ4n) is 2.23. The summed E-state index contributed by atoms with van der Waals surface area (Å²) in [4.78, 5) is 12.5. The summed E-state index contributed by atoms with van der Waals surface area (Å²) in [5, 5.41) is 0. The third-order valence-electron chi connectivity index (χ3n) is 3.26. The third kappa shape index (κ3) is 2.61. The molecular weight excluding hydrogens is 236 g/mol. The van der Waals surface area contributed by atoms with E-state index in [1.54, 1.807) is 4.57 Å². The van der Waals surface area contributed by atoms with Gasteiger partial charge in [-0.2, -0.15) is 0 Å². The maximum atomic E-state index is 12.5. The van der Waals surface area contributed by atoms with Gasteiger partial charge in [-0.1, -0.05) is 32.0 Å². The van der Waals surface area contributed by atoms with E-state index in [2.05, 4.69) is 13.8 Å². The third-order valence-corrected chi connectivity index (χ3v) is 3.26. The molecular formula is C16H20N2O. The molecule has 0 saturated heterocycles. The van der Waals surface area contributed by atoms with Crippen LogP contribution < -0.4 is 11.3 Å². The van der Waals surface area contributed by atoms with Gasteiger partial charge in [0.1, 0.15) is 0 Å². The van der Waals surface area contributed by atoms with E-state index < -0.39 is 0 Å². The van der Waals surface area contributed by atoms with E-state index >= 15 is 0 Å². The summed E-state index contributed by atoms with van der Waals surface area (Å²) in [6.45, 7) is 6.46. The molecule has 1 aromatic carbocycles. The minimum Gasteiger partial charge on any atom is -0.326 e. The van der Waals surface area contributed by atoms with E-state index in [0.717, 1.165) is 16.9 Å². The topological polar surface area (TPSA) is 48.0 Å². The van der Waals surface area contributed by atoms with Crippen LogP contribution in [0.2, 0.25) is 0 Å². The van der Waals surface area contributed by atoms with Crippen LogP contribution in [0.3, 0.4) is 0 Å². The van der Waals surface area contributed by atoms with Gasteiger partial charge in [-0.3, -0.25) is 9.36 Å². The Hall–Kier alpha value is -1.87. The number of pyridine rings is 1. The zero-order valence-electron chi connectivity index (χ0n) is 11.7. The largest absolute Gasteiger partial charge is 0.326 e. The van der Waals surface area contributed by atoms with Crippen LogP contribution in [0, 0.1) is 6.92 Å². The predicted octanol–water partition coefficient (Wildman–Crippen LogP) is 2.73. The Morgan fingerprint density at radius 1 is 1.21 bits per heavy atom. The van der Waals surface area contributed by atoms with Gasteiger partial charge in [0, 0.05) is 23.5 Å². The maximum Gasteiger partial charge on any atom is 0.259 e. The molecule has 0 aliphatic carbocycles. The molecule has 2 aromatic rings. The average Bonchev–Trinajstić information content (AvgIpc) is 2.38. The van der Waals surface area contributed by atoms with E-state index in [-0.39, 0.29) is 18.0 Å². The molecule has 100 valence electrons. The van der Waals surface area contributed by atoms with Gasteiger partial charge < -0.3 is 5.73 Å². The highest BCUT2D eigenvalue weighted by Crippen LogP contribution is 2.18. The van der Waals surface area contributed by atoms with Gasteiger partial charge in [0.25, 0.3) is 5.56 Å². The van der Waals surface area contributed by atoms with Crippen LogP contribution in [0.1, 0.15) is 36.6 Å². The van der Waals surface area contributed by atoms with Crippen molar-refractivity contribution in [3.63, 3.8) is 0 Å². The minimum atomic E-state index is -0.0145. The normalized spacial score (nSPS) is 11.0. The lowest BCUT2D eigenvalue weighted by Crippen LogP contribution is -2.27. The minimum absolute atomic E-state index is 0.0145. The molecule has 3 heteroatoms. The van der Waals surface area contributed by atoms with Crippen LogP contribution in [0.5, 0.6) is 0 Å². The van der Waals surface area contributed by atoms with Crippen molar-refractivity contribution in [1.29, 1.82) is 0 Å². The Bertz CT molecular complexity index is 641. The van der Waals surface area contributed by atoms with E-state index in [0.29, 0.717) is 5.56 Å². The monoisotopic (exact) mass is 256 g/mol. The summed E-state index contributed by atoms with van der Waals surface area (Å²) in [6.07, 6.45) is 0. The Kier molecular flexibility index (Phi) is 3.86. The predicted molar refractivity (Wildman–Crippen MR) is 78.8 cm³/mol. The lowest BCUT2D eigenvalue weighted by molar-refractivity contribution is 0.749. The first-order valence-electron chi connectivity index (χ1n) is 6.56. The number of benzene rings is 1. The van der Waals surface area contributed by atoms with Crippen LogP contribution in [0.25, 0.3) is 5.69 Å². The zero-order valence-corrected chi connectivity index (χ0v) is 11.7. The molecule has 3 nitrogen and oxygen atoms in total. The first kappa shape index (κ1) is 13.6. The molecule has 2 N–H and O–H groups in total. The van der Waals surface area contributed by atoms with Crippen LogP contribution in [0.15, 0.2) is 41.2 Å². The summed E-state index contributed by atoms with van der Waals surface area (Å²) in [6, 6.07) is 11.8. The summed E-state index contributed by atoms with van der Waals surface area (Å²) < 4.78 is 1.78. The van der Waals surface area contributed by atoms with E-state index in [1.165, 1.54) is 0 Å². The quantitative estimate of drug-likeness (QED) is 0.918. The first-order chi connectivity index (χ1) is 9.04. The van der Waals surface area contributed by atoms with Crippen molar-refractivity contribution in [3.8, 4) is 5.69 Å². The van der Waals surface area contributed by atoms with Crippen molar-refractivity contribution in [2.75, 3.05) is 0 Å². The molecule has 0 unspecified atom stereocenters. The number of hydrogen-bond acceptors (Lipinski definition) is 2. The van der Waals surface area contributed by atoms with Crippen molar-refractivity contribution in [2.45, 2.75) is 33.2 Å². The molecule has 0 bridgehead atoms. The van der Waals surface area contributed by atoms with Crippen molar-refractivity contribution in [1.82, 2.24) is 4.57 Å². The smallest absolute Gasteiger partial charge is 0.259 e. The number of nitrogens with two attached hydrogens (primary N) is 1. The molecule has 19 heavy (non-hydrogen) atoms. The molecule has 0 aliphatic heterocycles. The molecule has 1 heterocycles. The van der Waals surface area contributed by atoms with Gasteiger partial charge in [0.05, 0.1) is 0 Å². The highest BCUT2D eigenvalue weighted by atomic mass is 16.1. The summed E-state index contributed by atoms with van der Waals surface area (Å²) in [5.41, 5.74) is 9.32. The second kappa shape index (κ2) is 5.41. The average molecular weight is 256 g/mol. The van der Waals surface area contributed by atoms with Gasteiger partial charge in [-0.05, 0) is 36.6 Å². The SMILES string of the molecule is Cc1cccc(-n2c(C(C)C)ccc(CN)c2=O)c1. The van der Waals surface area contributed by atoms with E-state index in [9.17, 15) is 4.79 Å². The lowest BCUT2D eigenvalue weighted by atomic mass is 10.1. The number of aromatic nitrogens is 1. The van der Waals surface area contributed by atoms with Gasteiger partial charge in [-0.15, -0.1) is 0 Å². The molecule has 0 radical (unpaired) electrons. The van der Waals surface area contributed by atoms with Crippen molar-refractivity contribution in [2.24, 2.45) is 5.73 Å². The van der Waals surface area contributed by atoms with Crippen LogP contribution in [0.4, 0.5) is 0 Å². The zero-order chi connectivity index (χ0) is 14.0. The second-order valence-corrected chi connectivity index (χ2v) is 5.12. The molecule has 0 aliphatic rings. The fraction of sp³-hybridized carbons (Fsp3) is 0.312. The number of nitrogens with zero attached hydrogens (tertiary/aromatic N) is 1. The molecule has 0 fully saturated rings. The Labute approximate surface area is 113 Å². The molecule has 0 spiro atoms. The summed E-state index contributed by atoms with van der Waals surface area (Å²) in [5.74, 6) is 0.278. The Morgan fingerprint density at radius 3 is 2.53 bits per heavy atom. The van der Waals surface area contributed by atoms with Crippen molar-refractivity contribution in [3.05, 3.63) is 63.6 Å². The highest BCUT2D eigenvalue weighted by Gasteiger charge is 2.12. The van der Waals surface area contributed by atoms with E-state index in [1.807, 2.05) is 43.3 Å². The van der Waals surface area contributed by atoms with Crippen molar-refractivity contribution >= 4 is 0 Å². The standard InChI is InChI=1S/C16H20N2O/c1-11(2)15-8-7-13(10-17)16(19)18(15)14-6-4-5-12(3)9-14/h4-9,11H,10,17H2,1-3H3. The van der Waals surface area contributed by atoms with E-state index in [4.69, 9.17) is 5.73 Å². The van der Waals surface area contributed by atoms with Gasteiger partial charge in [-0.25, -0.2) is 0 Å². The highest BCUT2D eigenvalue weighted by molar-refractivity contribution is 5.39. The molecule has 0 amide bonds. The van der Waals surface area contributed by atoms with Crippen LogP contribution in [-0.2, 0) is 6.54 Å². The van der Waals surface area contributed by atoms with Crippen LogP contribution in [-0.4, -0.2) is 4.57 Å². The number of aryl methyl sites for hydroxylation is 1. The van der Waals surface area contributed by atoms with Gasteiger partial charge in [0.2, 0.25) is 0 Å². The second-order valence-electron chi connectivity index (χ2n) is 5.12. The van der Waals surface area contributed by atoms with Gasteiger partial charge >= 0.3 is 0 Å². The maximum absolute atomic E-state index is 12.5. The molecule has 2 rings (SSSR count). The Morgan fingerprint density at radius 2 is 1.95 bits per heavy atom. The summed E-state index contributed by atoms with van der Waals surface area (Å²) in [7, 11) is 0. The first-order valence-corrected chi connectivity index (χ1v) is 6.56. The lowest BCUT2D eigenvalue weighted by Gasteiger charge is -2.17. The van der Waals surface area contributed by atoms with Crippen molar-refractivity contribution < 1.29 is 0 Å². The summed E-state index contributed by atoms with van der Waals surface area (Å²) >= 11 is 0. The van der Waals surface area contributed by atoms with Gasteiger partial charge in [0.15, 0.2) is 0 Å².